The van der Waals surface area contributed by atoms with Crippen molar-refractivity contribution in [2.75, 3.05) is 0 Å². The van der Waals surface area contributed by atoms with E-state index in [-0.39, 0.29) is 11.6 Å². The van der Waals surface area contributed by atoms with E-state index in [1.807, 2.05) is 0 Å². The largest absolute Gasteiger partial charge is 0.410 e. The maximum atomic E-state index is 10.2. The molecule has 0 radical (unpaired) electrons. The van der Waals surface area contributed by atoms with Crippen LogP contribution in [-0.2, 0) is 0 Å². The van der Waals surface area contributed by atoms with Crippen LogP contribution in [0.2, 0.25) is 0 Å². The lowest BCUT2D eigenvalue weighted by Gasteiger charge is -1.96. The lowest BCUT2D eigenvalue weighted by atomic mass is 10.5. The summed E-state index contributed by atoms with van der Waals surface area (Å²) in [5.74, 6) is 0.119. The Kier molecular flexibility index (Phi) is 2.18. The Hall–Kier alpha value is -2.16. The van der Waals surface area contributed by atoms with E-state index in [2.05, 4.69) is 14.7 Å². The number of nitrogens with two attached hydrogens (primary N) is 1. The van der Waals surface area contributed by atoms with Gasteiger partial charge >= 0.3 is 6.09 Å². The van der Waals surface area contributed by atoms with E-state index in [0.29, 0.717) is 0 Å². The topological polar surface area (TPSA) is 102 Å². The van der Waals surface area contributed by atoms with Gasteiger partial charge in [0.2, 0.25) is 5.82 Å². The summed E-state index contributed by atoms with van der Waals surface area (Å²) in [6.45, 7) is 0. The van der Waals surface area contributed by atoms with Crippen molar-refractivity contribution in [1.29, 1.82) is 5.26 Å². The van der Waals surface area contributed by atoms with Crippen molar-refractivity contribution in [3.05, 3.63) is 18.2 Å². The monoisotopic (exact) mass is 164 g/mol. The Bertz CT molecular complexity index is 326. The van der Waals surface area contributed by atoms with E-state index in [4.69, 9.17) is 11.0 Å². The summed E-state index contributed by atoms with van der Waals surface area (Å²) in [5, 5.41) is 8.30. The molecule has 2 N–H and O–H groups in total. The lowest BCUT2D eigenvalue weighted by Crippen LogP contribution is -2.16. The first kappa shape index (κ1) is 7.94. The molecule has 1 heterocycles. The molecule has 6 nitrogen and oxygen atoms in total. The van der Waals surface area contributed by atoms with E-state index in [9.17, 15) is 4.79 Å². The van der Waals surface area contributed by atoms with Crippen molar-refractivity contribution in [2.45, 2.75) is 0 Å². The van der Waals surface area contributed by atoms with Gasteiger partial charge in [-0.2, -0.15) is 5.26 Å². The minimum Gasteiger partial charge on any atom is -0.407 e. The fourth-order valence-corrected chi connectivity index (χ4v) is 0.543. The number of nitrogens with zero attached hydrogens (tertiary/aromatic N) is 3. The minimum absolute atomic E-state index is 0.00632. The molecule has 1 aromatic rings. The molecule has 0 spiro atoms. The summed E-state index contributed by atoms with van der Waals surface area (Å²) < 4.78 is 4.42. The van der Waals surface area contributed by atoms with E-state index >= 15 is 0 Å². The van der Waals surface area contributed by atoms with Crippen molar-refractivity contribution >= 4 is 6.09 Å². The van der Waals surface area contributed by atoms with Crippen LogP contribution in [0, 0.1) is 11.3 Å². The predicted molar refractivity (Wildman–Crippen MR) is 37.0 cm³/mol. The minimum atomic E-state index is -0.941. The average molecular weight is 164 g/mol. The Morgan fingerprint density at radius 2 is 2.17 bits per heavy atom. The standard InChI is InChI=1S/C6H4N4O2/c7-1-5-9-2-4(3-10-5)12-6(8)11/h2-3H,(H2,8,11). The number of amides is 1. The third kappa shape index (κ3) is 1.91. The molecule has 0 aliphatic heterocycles. The third-order valence-electron chi connectivity index (χ3n) is 0.947. The molecule has 0 bridgehead atoms. The first-order valence-electron chi connectivity index (χ1n) is 2.92. The Labute approximate surface area is 67.6 Å². The van der Waals surface area contributed by atoms with E-state index in [0.717, 1.165) is 0 Å². The summed E-state index contributed by atoms with van der Waals surface area (Å²) in [6.07, 6.45) is 1.44. The molecule has 0 aliphatic rings. The molecule has 0 saturated heterocycles. The first-order valence-corrected chi connectivity index (χ1v) is 2.92. The molecule has 0 saturated carbocycles. The molecule has 12 heavy (non-hydrogen) atoms. The molecular formula is C6H4N4O2. The van der Waals surface area contributed by atoms with Gasteiger partial charge in [0.05, 0.1) is 12.4 Å². The smallest absolute Gasteiger partial charge is 0.407 e. The molecule has 0 aromatic carbocycles. The van der Waals surface area contributed by atoms with Gasteiger partial charge in [-0.15, -0.1) is 0 Å². The van der Waals surface area contributed by atoms with Crippen LogP contribution < -0.4 is 10.5 Å². The van der Waals surface area contributed by atoms with Crippen LogP contribution in [-0.4, -0.2) is 16.1 Å². The van der Waals surface area contributed by atoms with Gasteiger partial charge in [-0.3, -0.25) is 0 Å². The zero-order valence-corrected chi connectivity index (χ0v) is 5.89. The zero-order chi connectivity index (χ0) is 8.97. The van der Waals surface area contributed by atoms with Crippen LogP contribution in [0.4, 0.5) is 4.79 Å². The van der Waals surface area contributed by atoms with Crippen molar-refractivity contribution < 1.29 is 9.53 Å². The molecular weight excluding hydrogens is 160 g/mol. The third-order valence-corrected chi connectivity index (χ3v) is 0.947. The predicted octanol–water partition coefficient (Wildman–Crippen LogP) is -0.194. The van der Waals surface area contributed by atoms with Crippen molar-refractivity contribution in [1.82, 2.24) is 9.97 Å². The summed E-state index contributed by atoms with van der Waals surface area (Å²) in [5.41, 5.74) is 4.71. The summed E-state index contributed by atoms with van der Waals surface area (Å²) >= 11 is 0. The van der Waals surface area contributed by atoms with Gasteiger partial charge in [0, 0.05) is 0 Å². The maximum absolute atomic E-state index is 10.2. The highest BCUT2D eigenvalue weighted by Crippen LogP contribution is 2.04. The number of aromatic nitrogens is 2. The Morgan fingerprint density at radius 1 is 1.58 bits per heavy atom. The Morgan fingerprint density at radius 3 is 2.58 bits per heavy atom. The highest BCUT2D eigenvalue weighted by atomic mass is 16.5. The fraction of sp³-hybridized carbons (Fsp3) is 0. The van der Waals surface area contributed by atoms with Gasteiger partial charge in [-0.1, -0.05) is 0 Å². The molecule has 0 aliphatic carbocycles. The van der Waals surface area contributed by atoms with Crippen LogP contribution >= 0.6 is 0 Å². The molecule has 60 valence electrons. The molecule has 0 atom stereocenters. The second-order valence-electron chi connectivity index (χ2n) is 1.78. The molecule has 0 fully saturated rings. The number of carbonyl (C=O) groups excluding carboxylic acids is 1. The first-order chi connectivity index (χ1) is 5.72. The average Bonchev–Trinajstić information content (AvgIpc) is 2.05. The number of carbonyl (C=O) groups is 1. The van der Waals surface area contributed by atoms with Gasteiger partial charge < -0.3 is 10.5 Å². The molecule has 6 heteroatoms. The number of rotatable bonds is 1. The number of primary amides is 1. The lowest BCUT2D eigenvalue weighted by molar-refractivity contribution is 0.210. The van der Waals surface area contributed by atoms with Gasteiger partial charge in [0.1, 0.15) is 6.07 Å². The van der Waals surface area contributed by atoms with Crippen LogP contribution in [0.15, 0.2) is 12.4 Å². The SMILES string of the molecule is N#Cc1ncc(OC(N)=O)cn1. The van der Waals surface area contributed by atoms with Crippen LogP contribution in [0.3, 0.4) is 0 Å². The second-order valence-corrected chi connectivity index (χ2v) is 1.78. The summed E-state index contributed by atoms with van der Waals surface area (Å²) in [6, 6.07) is 1.71. The second kappa shape index (κ2) is 3.30. The van der Waals surface area contributed by atoms with Gasteiger partial charge in [-0.25, -0.2) is 14.8 Å². The highest BCUT2D eigenvalue weighted by Gasteiger charge is 1.99. The number of nitriles is 1. The number of hydrogen-bond donors (Lipinski definition) is 1. The van der Waals surface area contributed by atoms with Gasteiger partial charge in [0.15, 0.2) is 5.75 Å². The van der Waals surface area contributed by atoms with Crippen LogP contribution in [0.1, 0.15) is 5.82 Å². The maximum Gasteiger partial charge on any atom is 0.410 e. The van der Waals surface area contributed by atoms with E-state index < -0.39 is 6.09 Å². The summed E-state index contributed by atoms with van der Waals surface area (Å²) in [7, 11) is 0. The van der Waals surface area contributed by atoms with Gasteiger partial charge in [0.25, 0.3) is 0 Å². The fourth-order valence-electron chi connectivity index (χ4n) is 0.543. The zero-order valence-electron chi connectivity index (χ0n) is 5.89. The number of hydrogen-bond acceptors (Lipinski definition) is 5. The molecule has 0 unspecified atom stereocenters. The molecule has 1 rings (SSSR count). The van der Waals surface area contributed by atoms with Crippen LogP contribution in [0.25, 0.3) is 0 Å². The van der Waals surface area contributed by atoms with Crippen molar-refractivity contribution in [3.8, 4) is 11.8 Å². The summed E-state index contributed by atoms with van der Waals surface area (Å²) in [4.78, 5) is 17.3. The molecule has 1 amide bonds. The Balaban J connectivity index is 2.80. The van der Waals surface area contributed by atoms with Gasteiger partial charge in [-0.05, 0) is 0 Å². The normalized spacial score (nSPS) is 8.58. The van der Waals surface area contributed by atoms with Crippen LogP contribution in [0.5, 0.6) is 5.75 Å². The quantitative estimate of drug-likeness (QED) is 0.619. The van der Waals surface area contributed by atoms with E-state index in [1.54, 1.807) is 6.07 Å². The number of ether oxygens (including phenoxy) is 1. The highest BCUT2D eigenvalue weighted by molar-refractivity contribution is 5.67. The molecule has 1 aromatic heterocycles. The van der Waals surface area contributed by atoms with Crippen molar-refractivity contribution in [3.63, 3.8) is 0 Å². The van der Waals surface area contributed by atoms with E-state index in [1.165, 1.54) is 12.4 Å². The van der Waals surface area contributed by atoms with Crippen molar-refractivity contribution in [2.24, 2.45) is 5.73 Å².